The van der Waals surface area contributed by atoms with Gasteiger partial charge in [-0.3, -0.25) is 0 Å². The highest BCUT2D eigenvalue weighted by Crippen LogP contribution is 2.49. The molecule has 0 saturated carbocycles. The minimum absolute atomic E-state index is 1.12. The number of anilines is 3. The maximum atomic E-state index is 2.49. The molecule has 1 nitrogen and oxygen atoms in total. The van der Waals surface area contributed by atoms with E-state index in [1.54, 1.807) is 0 Å². The SMILES string of the molecule is c1cc(-c2cccc3ccccc23)cc(N(c2ccccc2-c2cc3ccccc3c3ccccc23)c2cccc3c2sc2ccccc23)c1. The fourth-order valence-corrected chi connectivity index (χ4v) is 8.99. The minimum atomic E-state index is 1.12. The van der Waals surface area contributed by atoms with E-state index >= 15 is 0 Å². The fraction of sp³-hybridized carbons (Fsp3) is 0. The minimum Gasteiger partial charge on any atom is -0.308 e. The molecule has 0 aliphatic rings. The first kappa shape index (κ1) is 28.8. The molecule has 0 atom stereocenters. The van der Waals surface area contributed by atoms with Gasteiger partial charge in [0.05, 0.1) is 16.1 Å². The summed E-state index contributed by atoms with van der Waals surface area (Å²) in [7, 11) is 0. The van der Waals surface area contributed by atoms with Crippen LogP contribution < -0.4 is 4.90 Å². The van der Waals surface area contributed by atoms with Crippen LogP contribution in [0.3, 0.4) is 0 Å². The van der Waals surface area contributed by atoms with Crippen molar-refractivity contribution in [3.05, 3.63) is 188 Å². The van der Waals surface area contributed by atoms with E-state index in [9.17, 15) is 0 Å². The second-order valence-corrected chi connectivity index (χ2v) is 13.9. The largest absolute Gasteiger partial charge is 0.308 e. The Hall–Kier alpha value is -6.22. The molecule has 0 aliphatic heterocycles. The zero-order chi connectivity index (χ0) is 33.0. The first-order chi connectivity index (χ1) is 24.8. The van der Waals surface area contributed by atoms with E-state index in [2.05, 4.69) is 193 Å². The number of hydrogen-bond acceptors (Lipinski definition) is 2. The van der Waals surface area contributed by atoms with E-state index < -0.39 is 0 Å². The Morgan fingerprint density at radius 2 is 0.940 bits per heavy atom. The van der Waals surface area contributed by atoms with Crippen molar-refractivity contribution < 1.29 is 0 Å². The molecular weight excluding hydrogens is 623 g/mol. The average molecular weight is 654 g/mol. The van der Waals surface area contributed by atoms with E-state index in [0.29, 0.717) is 0 Å². The maximum Gasteiger partial charge on any atom is 0.0640 e. The first-order valence-corrected chi connectivity index (χ1v) is 17.9. The predicted molar refractivity (Wildman–Crippen MR) is 217 cm³/mol. The summed E-state index contributed by atoms with van der Waals surface area (Å²) in [5.74, 6) is 0. The number of para-hydroxylation sites is 1. The monoisotopic (exact) mass is 653 g/mol. The summed E-state index contributed by atoms with van der Waals surface area (Å²) < 4.78 is 2.58. The van der Waals surface area contributed by atoms with Crippen molar-refractivity contribution in [2.75, 3.05) is 4.90 Å². The maximum absolute atomic E-state index is 2.49. The molecule has 234 valence electrons. The van der Waals surface area contributed by atoms with Gasteiger partial charge in [0.15, 0.2) is 0 Å². The molecule has 10 rings (SSSR count). The van der Waals surface area contributed by atoms with Crippen LogP contribution in [0.2, 0.25) is 0 Å². The molecule has 0 saturated heterocycles. The number of benzene rings is 9. The van der Waals surface area contributed by atoms with E-state index in [1.165, 1.54) is 80.4 Å². The van der Waals surface area contributed by atoms with Gasteiger partial charge in [0.2, 0.25) is 0 Å². The van der Waals surface area contributed by atoms with E-state index in [1.807, 2.05) is 11.3 Å². The third kappa shape index (κ3) is 4.61. The van der Waals surface area contributed by atoms with Crippen molar-refractivity contribution in [1.29, 1.82) is 0 Å². The van der Waals surface area contributed by atoms with Crippen molar-refractivity contribution in [1.82, 2.24) is 0 Å². The molecule has 10 aromatic rings. The second-order valence-electron chi connectivity index (χ2n) is 12.9. The van der Waals surface area contributed by atoms with Gasteiger partial charge in [0.25, 0.3) is 0 Å². The number of nitrogens with zero attached hydrogens (tertiary/aromatic N) is 1. The Morgan fingerprint density at radius 3 is 1.84 bits per heavy atom. The standard InChI is InChI=1S/C48H31NS/c1-3-19-36-32(14-1)16-12-25-37(36)33-17-11-18-35(30-33)49(46-28-13-26-43-42-24-8-10-29-47(42)50-48(43)46)45-27-9-7-23-41(45)44-31-34-15-2-4-20-38(34)39-21-5-6-22-40(39)44/h1-31H. The van der Waals surface area contributed by atoms with E-state index in [0.717, 1.165) is 11.4 Å². The van der Waals surface area contributed by atoms with Crippen molar-refractivity contribution >= 4 is 80.9 Å². The molecule has 0 aliphatic carbocycles. The second kappa shape index (κ2) is 11.7. The van der Waals surface area contributed by atoms with E-state index in [-0.39, 0.29) is 0 Å². The third-order valence-electron chi connectivity index (χ3n) is 10.0. The summed E-state index contributed by atoms with van der Waals surface area (Å²) in [5.41, 5.74) is 8.30. The molecule has 0 N–H and O–H groups in total. The van der Waals surface area contributed by atoms with Crippen LogP contribution >= 0.6 is 11.3 Å². The van der Waals surface area contributed by atoms with Crippen LogP contribution in [-0.2, 0) is 0 Å². The van der Waals surface area contributed by atoms with Crippen molar-refractivity contribution in [2.45, 2.75) is 0 Å². The number of thiophene rings is 1. The summed E-state index contributed by atoms with van der Waals surface area (Å²) in [6.45, 7) is 0. The lowest BCUT2D eigenvalue weighted by molar-refractivity contribution is 1.30. The molecule has 0 radical (unpaired) electrons. The molecule has 50 heavy (non-hydrogen) atoms. The fourth-order valence-electron chi connectivity index (χ4n) is 7.78. The van der Waals surface area contributed by atoms with Gasteiger partial charge in [-0.15, -0.1) is 11.3 Å². The zero-order valence-corrected chi connectivity index (χ0v) is 28.1. The Balaban J connectivity index is 1.27. The van der Waals surface area contributed by atoms with Crippen LogP contribution in [0.4, 0.5) is 17.1 Å². The molecular formula is C48H31NS. The van der Waals surface area contributed by atoms with Gasteiger partial charge in [-0.2, -0.15) is 0 Å². The quantitative estimate of drug-likeness (QED) is 0.167. The smallest absolute Gasteiger partial charge is 0.0640 e. The Bertz CT molecular complexity index is 2890. The Labute approximate surface area is 294 Å². The van der Waals surface area contributed by atoms with Crippen molar-refractivity contribution in [3.8, 4) is 22.3 Å². The summed E-state index contributed by atoms with van der Waals surface area (Å²) in [6, 6.07) is 68.8. The summed E-state index contributed by atoms with van der Waals surface area (Å²) >= 11 is 1.87. The van der Waals surface area contributed by atoms with Crippen LogP contribution in [0.15, 0.2) is 188 Å². The van der Waals surface area contributed by atoms with Gasteiger partial charge in [0, 0.05) is 26.7 Å². The number of hydrogen-bond donors (Lipinski definition) is 0. The molecule has 1 heterocycles. The normalized spacial score (nSPS) is 11.6. The lowest BCUT2D eigenvalue weighted by Crippen LogP contribution is -2.11. The van der Waals surface area contributed by atoms with Crippen LogP contribution in [-0.4, -0.2) is 0 Å². The Morgan fingerprint density at radius 1 is 0.340 bits per heavy atom. The molecule has 0 amide bonds. The molecule has 0 unspecified atom stereocenters. The van der Waals surface area contributed by atoms with Gasteiger partial charge < -0.3 is 4.90 Å². The number of rotatable bonds is 5. The molecule has 0 bridgehead atoms. The third-order valence-corrected chi connectivity index (χ3v) is 11.2. The lowest BCUT2D eigenvalue weighted by atomic mass is 9.92. The topological polar surface area (TPSA) is 3.24 Å². The highest BCUT2D eigenvalue weighted by Gasteiger charge is 2.22. The van der Waals surface area contributed by atoms with Crippen molar-refractivity contribution in [2.24, 2.45) is 0 Å². The summed E-state index contributed by atoms with van der Waals surface area (Å²) in [4.78, 5) is 2.49. The molecule has 2 heteroatoms. The Kier molecular flexibility index (Phi) is 6.75. The first-order valence-electron chi connectivity index (χ1n) is 17.1. The number of fused-ring (bicyclic) bond motifs is 7. The van der Waals surface area contributed by atoms with Crippen LogP contribution in [0, 0.1) is 0 Å². The highest BCUT2D eigenvalue weighted by atomic mass is 32.1. The van der Waals surface area contributed by atoms with Gasteiger partial charge >= 0.3 is 0 Å². The van der Waals surface area contributed by atoms with Crippen LogP contribution in [0.5, 0.6) is 0 Å². The lowest BCUT2D eigenvalue weighted by Gasteiger charge is -2.29. The van der Waals surface area contributed by atoms with Crippen LogP contribution in [0.1, 0.15) is 0 Å². The van der Waals surface area contributed by atoms with Crippen molar-refractivity contribution in [3.63, 3.8) is 0 Å². The summed E-state index contributed by atoms with van der Waals surface area (Å²) in [6.07, 6.45) is 0. The average Bonchev–Trinajstić information content (AvgIpc) is 3.57. The van der Waals surface area contributed by atoms with Gasteiger partial charge in [-0.25, -0.2) is 0 Å². The molecule has 9 aromatic carbocycles. The van der Waals surface area contributed by atoms with Gasteiger partial charge in [-0.1, -0.05) is 152 Å². The highest BCUT2D eigenvalue weighted by molar-refractivity contribution is 7.26. The zero-order valence-electron chi connectivity index (χ0n) is 27.3. The molecule has 0 fully saturated rings. The molecule has 1 aromatic heterocycles. The molecule has 0 spiro atoms. The van der Waals surface area contributed by atoms with Gasteiger partial charge in [-0.05, 0) is 85.4 Å². The predicted octanol–water partition coefficient (Wildman–Crippen LogP) is 14.3. The summed E-state index contributed by atoms with van der Waals surface area (Å²) in [5, 5.41) is 10.1. The van der Waals surface area contributed by atoms with Crippen LogP contribution in [0.25, 0.3) is 74.7 Å². The van der Waals surface area contributed by atoms with Gasteiger partial charge in [0.1, 0.15) is 0 Å². The van der Waals surface area contributed by atoms with E-state index in [4.69, 9.17) is 0 Å².